The molecule has 1 heterocycles. The summed E-state index contributed by atoms with van der Waals surface area (Å²) < 4.78 is 1.97. The van der Waals surface area contributed by atoms with Crippen LogP contribution in [0.25, 0.3) is 0 Å². The second-order valence-corrected chi connectivity index (χ2v) is 4.69. The maximum atomic E-state index is 11.9. The maximum Gasteiger partial charge on any atom is 0.136 e. The molecule has 0 aliphatic heterocycles. The molecule has 2 atom stereocenters. The van der Waals surface area contributed by atoms with Gasteiger partial charge in [-0.05, 0) is 19.3 Å². The van der Waals surface area contributed by atoms with Gasteiger partial charge in [0.05, 0.1) is 0 Å². The summed E-state index contributed by atoms with van der Waals surface area (Å²) in [6, 6.07) is 0.238. The van der Waals surface area contributed by atoms with Gasteiger partial charge in [0.25, 0.3) is 0 Å². The lowest BCUT2D eigenvalue weighted by atomic mass is 9.98. The van der Waals surface area contributed by atoms with Gasteiger partial charge in [0, 0.05) is 44.2 Å². The van der Waals surface area contributed by atoms with E-state index in [0.29, 0.717) is 12.2 Å². The predicted octanol–water partition coefficient (Wildman–Crippen LogP) is 1.05. The van der Waals surface area contributed by atoms with Crippen LogP contribution in [-0.2, 0) is 18.3 Å². The zero-order valence-corrected chi connectivity index (χ0v) is 9.72. The smallest absolute Gasteiger partial charge is 0.136 e. The number of carbonyl (C=O) groups excluding carboxylic acids is 1. The Hall–Kier alpha value is -1.16. The van der Waals surface area contributed by atoms with Gasteiger partial charge < -0.3 is 10.3 Å². The van der Waals surface area contributed by atoms with Gasteiger partial charge in [0.1, 0.15) is 11.6 Å². The summed E-state index contributed by atoms with van der Waals surface area (Å²) in [5.41, 5.74) is 5.81. The van der Waals surface area contributed by atoms with Gasteiger partial charge in [-0.25, -0.2) is 4.98 Å². The average Bonchev–Trinajstić information content (AvgIpc) is 2.84. The first-order chi connectivity index (χ1) is 7.66. The Morgan fingerprint density at radius 1 is 1.62 bits per heavy atom. The zero-order valence-electron chi connectivity index (χ0n) is 9.72. The second kappa shape index (κ2) is 4.78. The first kappa shape index (κ1) is 11.3. The van der Waals surface area contributed by atoms with Gasteiger partial charge in [-0.1, -0.05) is 0 Å². The van der Waals surface area contributed by atoms with Crippen molar-refractivity contribution in [3.05, 3.63) is 18.2 Å². The SMILES string of the molecule is Cn1ccnc1CCC(=O)C1CCC(N)C1. The third kappa shape index (κ3) is 2.50. The molecule has 4 heteroatoms. The molecule has 1 aliphatic rings. The number of aryl methyl sites for hydroxylation is 2. The van der Waals surface area contributed by atoms with Gasteiger partial charge in [0.2, 0.25) is 0 Å². The van der Waals surface area contributed by atoms with E-state index in [1.807, 2.05) is 17.8 Å². The fraction of sp³-hybridized carbons (Fsp3) is 0.667. The molecule has 2 N–H and O–H groups in total. The van der Waals surface area contributed by atoms with Crippen LogP contribution in [0, 0.1) is 5.92 Å². The number of Topliss-reactive ketones (excluding diaryl/α,β-unsaturated/α-hetero) is 1. The molecule has 1 saturated carbocycles. The van der Waals surface area contributed by atoms with Crippen LogP contribution in [0.4, 0.5) is 0 Å². The fourth-order valence-electron chi connectivity index (χ4n) is 2.39. The molecule has 0 aromatic carbocycles. The van der Waals surface area contributed by atoms with Crippen molar-refractivity contribution < 1.29 is 4.79 Å². The Kier molecular flexibility index (Phi) is 3.39. The van der Waals surface area contributed by atoms with Crippen molar-refractivity contribution in [2.45, 2.75) is 38.1 Å². The third-order valence-electron chi connectivity index (χ3n) is 3.44. The highest BCUT2D eigenvalue weighted by molar-refractivity contribution is 5.81. The van der Waals surface area contributed by atoms with Crippen LogP contribution in [-0.4, -0.2) is 21.4 Å². The molecule has 16 heavy (non-hydrogen) atoms. The molecule has 0 radical (unpaired) electrons. The minimum absolute atomic E-state index is 0.204. The van der Waals surface area contributed by atoms with Crippen molar-refractivity contribution in [3.63, 3.8) is 0 Å². The van der Waals surface area contributed by atoms with Gasteiger partial charge in [0.15, 0.2) is 0 Å². The van der Waals surface area contributed by atoms with Crippen molar-refractivity contribution in [1.82, 2.24) is 9.55 Å². The van der Waals surface area contributed by atoms with Crippen molar-refractivity contribution in [2.24, 2.45) is 18.7 Å². The van der Waals surface area contributed by atoms with Crippen LogP contribution < -0.4 is 5.73 Å². The number of hydrogen-bond acceptors (Lipinski definition) is 3. The molecule has 0 amide bonds. The van der Waals surface area contributed by atoms with Crippen LogP contribution in [0.15, 0.2) is 12.4 Å². The monoisotopic (exact) mass is 221 g/mol. The number of imidazole rings is 1. The normalized spacial score (nSPS) is 24.9. The van der Waals surface area contributed by atoms with E-state index >= 15 is 0 Å². The third-order valence-corrected chi connectivity index (χ3v) is 3.44. The highest BCUT2D eigenvalue weighted by Gasteiger charge is 2.27. The molecule has 2 rings (SSSR count). The van der Waals surface area contributed by atoms with E-state index in [1.165, 1.54) is 0 Å². The van der Waals surface area contributed by atoms with E-state index in [2.05, 4.69) is 4.98 Å². The summed E-state index contributed by atoms with van der Waals surface area (Å²) in [5.74, 6) is 1.54. The molecule has 1 aromatic heterocycles. The number of aromatic nitrogens is 2. The number of nitrogens with zero attached hydrogens (tertiary/aromatic N) is 2. The van der Waals surface area contributed by atoms with Crippen molar-refractivity contribution in [2.75, 3.05) is 0 Å². The van der Waals surface area contributed by atoms with Crippen LogP contribution >= 0.6 is 0 Å². The number of carbonyl (C=O) groups is 1. The van der Waals surface area contributed by atoms with Gasteiger partial charge >= 0.3 is 0 Å². The summed E-state index contributed by atoms with van der Waals surface area (Å²) in [5, 5.41) is 0. The number of rotatable bonds is 4. The minimum atomic E-state index is 0.204. The van der Waals surface area contributed by atoms with Crippen LogP contribution in [0.5, 0.6) is 0 Å². The van der Waals surface area contributed by atoms with Crippen LogP contribution in [0.1, 0.15) is 31.5 Å². The maximum absolute atomic E-state index is 11.9. The van der Waals surface area contributed by atoms with E-state index in [0.717, 1.165) is 31.5 Å². The number of ketones is 1. The fourth-order valence-corrected chi connectivity index (χ4v) is 2.39. The van der Waals surface area contributed by atoms with Crippen LogP contribution in [0.2, 0.25) is 0 Å². The summed E-state index contributed by atoms with van der Waals surface area (Å²) in [7, 11) is 1.96. The van der Waals surface area contributed by atoms with Crippen molar-refractivity contribution in [3.8, 4) is 0 Å². The van der Waals surface area contributed by atoms with Crippen LogP contribution in [0.3, 0.4) is 0 Å². The van der Waals surface area contributed by atoms with E-state index in [4.69, 9.17) is 5.73 Å². The lowest BCUT2D eigenvalue weighted by molar-refractivity contribution is -0.122. The highest BCUT2D eigenvalue weighted by atomic mass is 16.1. The first-order valence-electron chi connectivity index (χ1n) is 5.91. The molecule has 1 fully saturated rings. The summed E-state index contributed by atoms with van der Waals surface area (Å²) in [6.07, 6.45) is 7.87. The van der Waals surface area contributed by atoms with Crippen molar-refractivity contribution in [1.29, 1.82) is 0 Å². The highest BCUT2D eigenvalue weighted by Crippen LogP contribution is 2.26. The Bertz CT molecular complexity index is 372. The predicted molar refractivity (Wildman–Crippen MR) is 61.9 cm³/mol. The van der Waals surface area contributed by atoms with Gasteiger partial charge in [-0.3, -0.25) is 4.79 Å². The topological polar surface area (TPSA) is 60.9 Å². The zero-order chi connectivity index (χ0) is 11.5. The van der Waals surface area contributed by atoms with E-state index in [9.17, 15) is 4.79 Å². The summed E-state index contributed by atoms with van der Waals surface area (Å²) >= 11 is 0. The number of nitrogens with two attached hydrogens (primary N) is 1. The van der Waals surface area contributed by atoms with Crippen molar-refractivity contribution >= 4 is 5.78 Å². The standard InChI is InChI=1S/C12H19N3O/c1-15-7-6-14-12(15)5-4-11(16)9-2-3-10(13)8-9/h6-7,9-10H,2-5,8,13H2,1H3. The molecule has 0 saturated heterocycles. The minimum Gasteiger partial charge on any atom is -0.338 e. The molecule has 1 aliphatic carbocycles. The first-order valence-corrected chi connectivity index (χ1v) is 5.91. The Morgan fingerprint density at radius 2 is 2.44 bits per heavy atom. The molecule has 2 unspecified atom stereocenters. The lowest BCUT2D eigenvalue weighted by Crippen LogP contribution is -2.18. The quantitative estimate of drug-likeness (QED) is 0.826. The molecular formula is C12H19N3O. The number of hydrogen-bond donors (Lipinski definition) is 1. The lowest BCUT2D eigenvalue weighted by Gasteiger charge is -2.08. The molecule has 88 valence electrons. The average molecular weight is 221 g/mol. The Balaban J connectivity index is 1.82. The van der Waals surface area contributed by atoms with E-state index < -0.39 is 0 Å². The van der Waals surface area contributed by atoms with Gasteiger partial charge in [-0.2, -0.15) is 0 Å². The molecule has 1 aromatic rings. The molecular weight excluding hydrogens is 202 g/mol. The molecule has 0 bridgehead atoms. The van der Waals surface area contributed by atoms with E-state index in [-0.39, 0.29) is 12.0 Å². The largest absolute Gasteiger partial charge is 0.338 e. The second-order valence-electron chi connectivity index (χ2n) is 4.69. The molecule has 4 nitrogen and oxygen atoms in total. The van der Waals surface area contributed by atoms with Gasteiger partial charge in [-0.15, -0.1) is 0 Å². The summed E-state index contributed by atoms with van der Waals surface area (Å²) in [4.78, 5) is 16.1. The van der Waals surface area contributed by atoms with E-state index in [1.54, 1.807) is 6.20 Å². The summed E-state index contributed by atoms with van der Waals surface area (Å²) in [6.45, 7) is 0. The molecule has 0 spiro atoms. The Morgan fingerprint density at radius 3 is 3.00 bits per heavy atom. The Labute approximate surface area is 95.9 Å².